The van der Waals surface area contributed by atoms with Gasteiger partial charge in [-0.3, -0.25) is 0 Å². The van der Waals surface area contributed by atoms with Gasteiger partial charge in [0.25, 0.3) is 0 Å². The summed E-state index contributed by atoms with van der Waals surface area (Å²) in [5.41, 5.74) is 2.92. The molecule has 0 saturated carbocycles. The first-order valence-electron chi connectivity index (χ1n) is 7.74. The predicted molar refractivity (Wildman–Crippen MR) is 90.2 cm³/mol. The van der Waals surface area contributed by atoms with Crippen LogP contribution in [0.15, 0.2) is 66.7 Å². The van der Waals surface area contributed by atoms with Gasteiger partial charge < -0.3 is 10.1 Å². The van der Waals surface area contributed by atoms with E-state index in [1.54, 1.807) is 36.4 Å². The van der Waals surface area contributed by atoms with Crippen LogP contribution < -0.4 is 10.1 Å². The Hall–Kier alpha value is -3.21. The van der Waals surface area contributed by atoms with Gasteiger partial charge in [0.2, 0.25) is 0 Å². The molecule has 1 aliphatic rings. The average Bonchev–Trinajstić information content (AvgIpc) is 2.62. The van der Waals surface area contributed by atoms with Crippen molar-refractivity contribution < 1.29 is 18.3 Å². The van der Waals surface area contributed by atoms with Gasteiger partial charge in [0.15, 0.2) is 11.8 Å². The first-order valence-corrected chi connectivity index (χ1v) is 7.74. The Morgan fingerprint density at radius 2 is 1.40 bits per heavy atom. The standard InChI is InChI=1S/C20H13F2NO2/c21-15-6-1-12(2-7-15)14-5-10-17-18(11-14)25-20(24)19(23-17)13-3-8-16(22)9-4-13/h1-11,19,23H/t19-/m0/s1. The van der Waals surface area contributed by atoms with E-state index in [1.807, 2.05) is 6.07 Å². The average molecular weight is 337 g/mol. The van der Waals surface area contributed by atoms with Crippen molar-refractivity contribution in [1.82, 2.24) is 0 Å². The number of fused-ring (bicyclic) bond motifs is 1. The van der Waals surface area contributed by atoms with Crippen molar-refractivity contribution in [2.75, 3.05) is 5.32 Å². The van der Waals surface area contributed by atoms with Crippen LogP contribution in [0.25, 0.3) is 11.1 Å². The Bertz CT molecular complexity index is 937. The lowest BCUT2D eigenvalue weighted by atomic mass is 10.0. The minimum absolute atomic E-state index is 0.308. The highest BCUT2D eigenvalue weighted by Gasteiger charge is 2.29. The number of anilines is 1. The molecule has 3 nitrogen and oxygen atoms in total. The molecule has 4 rings (SSSR count). The Morgan fingerprint density at radius 1 is 0.800 bits per heavy atom. The summed E-state index contributed by atoms with van der Waals surface area (Å²) in [4.78, 5) is 12.3. The normalized spacial score (nSPS) is 15.9. The summed E-state index contributed by atoms with van der Waals surface area (Å²) < 4.78 is 31.6. The van der Waals surface area contributed by atoms with Crippen molar-refractivity contribution in [3.63, 3.8) is 0 Å². The Kier molecular flexibility index (Phi) is 3.69. The topological polar surface area (TPSA) is 38.3 Å². The van der Waals surface area contributed by atoms with Crippen molar-refractivity contribution in [2.24, 2.45) is 0 Å². The smallest absolute Gasteiger partial charge is 0.338 e. The summed E-state index contributed by atoms with van der Waals surface area (Å²) in [7, 11) is 0. The molecule has 0 spiro atoms. The second-order valence-electron chi connectivity index (χ2n) is 5.77. The molecular weight excluding hydrogens is 324 g/mol. The molecule has 0 aliphatic carbocycles. The van der Waals surface area contributed by atoms with Gasteiger partial charge in [0.05, 0.1) is 5.69 Å². The lowest BCUT2D eigenvalue weighted by molar-refractivity contribution is -0.136. The highest BCUT2D eigenvalue weighted by Crippen LogP contribution is 2.37. The Labute approximate surface area is 142 Å². The largest absolute Gasteiger partial charge is 0.423 e. The van der Waals surface area contributed by atoms with Gasteiger partial charge in [0, 0.05) is 0 Å². The molecule has 1 aliphatic heterocycles. The molecule has 124 valence electrons. The fourth-order valence-corrected chi connectivity index (χ4v) is 2.80. The summed E-state index contributed by atoms with van der Waals surface area (Å²) in [6, 6.07) is 16.5. The van der Waals surface area contributed by atoms with E-state index < -0.39 is 12.0 Å². The quantitative estimate of drug-likeness (QED) is 0.544. The zero-order valence-corrected chi connectivity index (χ0v) is 13.0. The molecule has 3 aromatic rings. The number of rotatable bonds is 2. The van der Waals surface area contributed by atoms with E-state index in [2.05, 4.69) is 5.32 Å². The van der Waals surface area contributed by atoms with Crippen molar-refractivity contribution in [3.05, 3.63) is 83.9 Å². The predicted octanol–water partition coefficient (Wildman–Crippen LogP) is 4.70. The minimum atomic E-state index is -0.690. The summed E-state index contributed by atoms with van der Waals surface area (Å²) >= 11 is 0. The molecular formula is C20H13F2NO2. The van der Waals surface area contributed by atoms with Gasteiger partial charge >= 0.3 is 5.97 Å². The Morgan fingerprint density at radius 3 is 2.08 bits per heavy atom. The fourth-order valence-electron chi connectivity index (χ4n) is 2.80. The van der Waals surface area contributed by atoms with Crippen LogP contribution in [-0.4, -0.2) is 5.97 Å². The first kappa shape index (κ1) is 15.3. The Balaban J connectivity index is 1.65. The highest BCUT2D eigenvalue weighted by atomic mass is 19.1. The third-order valence-electron chi connectivity index (χ3n) is 4.11. The third-order valence-corrected chi connectivity index (χ3v) is 4.11. The maximum absolute atomic E-state index is 13.1. The molecule has 0 radical (unpaired) electrons. The molecule has 0 fully saturated rings. The first-order chi connectivity index (χ1) is 12.1. The number of carbonyl (C=O) groups excluding carboxylic acids is 1. The molecule has 0 bridgehead atoms. The monoisotopic (exact) mass is 337 g/mol. The van der Waals surface area contributed by atoms with Crippen LogP contribution in [0.3, 0.4) is 0 Å². The van der Waals surface area contributed by atoms with Crippen LogP contribution in [0.1, 0.15) is 11.6 Å². The summed E-state index contributed by atoms with van der Waals surface area (Å²) in [5, 5.41) is 3.11. The van der Waals surface area contributed by atoms with Crippen molar-refractivity contribution in [2.45, 2.75) is 6.04 Å². The maximum atomic E-state index is 13.1. The zero-order valence-electron chi connectivity index (χ0n) is 13.0. The summed E-state index contributed by atoms with van der Waals surface area (Å²) in [6.45, 7) is 0. The second-order valence-corrected chi connectivity index (χ2v) is 5.77. The molecule has 0 saturated heterocycles. The van der Waals surface area contributed by atoms with E-state index in [9.17, 15) is 13.6 Å². The van der Waals surface area contributed by atoms with E-state index in [0.717, 1.165) is 11.1 Å². The maximum Gasteiger partial charge on any atom is 0.338 e. The third kappa shape index (κ3) is 2.96. The lowest BCUT2D eigenvalue weighted by Crippen LogP contribution is -2.30. The van der Waals surface area contributed by atoms with Gasteiger partial charge in [0.1, 0.15) is 11.6 Å². The molecule has 1 heterocycles. The van der Waals surface area contributed by atoms with Crippen LogP contribution in [-0.2, 0) is 4.79 Å². The molecule has 1 atom stereocenters. The molecule has 0 unspecified atom stereocenters. The molecule has 0 aromatic heterocycles. The molecule has 25 heavy (non-hydrogen) atoms. The second kappa shape index (κ2) is 6.02. The van der Waals surface area contributed by atoms with E-state index in [1.165, 1.54) is 24.3 Å². The number of hydrogen-bond acceptors (Lipinski definition) is 3. The van der Waals surface area contributed by atoms with Gasteiger partial charge in [-0.05, 0) is 53.1 Å². The van der Waals surface area contributed by atoms with Crippen molar-refractivity contribution in [1.29, 1.82) is 0 Å². The van der Waals surface area contributed by atoms with Gasteiger partial charge in [-0.15, -0.1) is 0 Å². The van der Waals surface area contributed by atoms with Crippen LogP contribution in [0, 0.1) is 11.6 Å². The summed E-state index contributed by atoms with van der Waals surface area (Å²) in [5.74, 6) is -0.727. The minimum Gasteiger partial charge on any atom is -0.423 e. The van der Waals surface area contributed by atoms with Crippen LogP contribution >= 0.6 is 0 Å². The van der Waals surface area contributed by atoms with Crippen molar-refractivity contribution >= 4 is 11.7 Å². The van der Waals surface area contributed by atoms with E-state index in [4.69, 9.17) is 4.74 Å². The summed E-state index contributed by atoms with van der Waals surface area (Å²) in [6.07, 6.45) is 0. The number of halogens is 2. The fraction of sp³-hybridized carbons (Fsp3) is 0.0500. The van der Waals surface area contributed by atoms with E-state index >= 15 is 0 Å². The number of ether oxygens (including phenoxy) is 1. The van der Waals surface area contributed by atoms with Crippen LogP contribution in [0.5, 0.6) is 5.75 Å². The van der Waals surface area contributed by atoms with Gasteiger partial charge in [-0.2, -0.15) is 0 Å². The molecule has 0 amide bonds. The number of hydrogen-bond donors (Lipinski definition) is 1. The van der Waals surface area contributed by atoms with E-state index in [-0.39, 0.29) is 11.6 Å². The highest BCUT2D eigenvalue weighted by molar-refractivity contribution is 5.89. The van der Waals surface area contributed by atoms with Crippen LogP contribution in [0.4, 0.5) is 14.5 Å². The van der Waals surface area contributed by atoms with Gasteiger partial charge in [-0.1, -0.05) is 30.3 Å². The number of nitrogens with one attached hydrogen (secondary N) is 1. The molecule has 3 aromatic carbocycles. The van der Waals surface area contributed by atoms with Gasteiger partial charge in [-0.25, -0.2) is 13.6 Å². The SMILES string of the molecule is O=C1Oc2cc(-c3ccc(F)cc3)ccc2N[C@H]1c1ccc(F)cc1. The van der Waals surface area contributed by atoms with Crippen molar-refractivity contribution in [3.8, 4) is 16.9 Å². The van der Waals surface area contributed by atoms with E-state index in [0.29, 0.717) is 17.0 Å². The zero-order chi connectivity index (χ0) is 17.4. The number of esters is 1. The molecule has 1 N–H and O–H groups in total. The number of benzene rings is 3. The lowest BCUT2D eigenvalue weighted by Gasteiger charge is -2.26. The van der Waals surface area contributed by atoms with Crippen LogP contribution in [0.2, 0.25) is 0 Å². The number of carbonyl (C=O) groups is 1. The molecule has 5 heteroatoms.